The van der Waals surface area contributed by atoms with Gasteiger partial charge in [-0.1, -0.05) is 19.0 Å². The van der Waals surface area contributed by atoms with Crippen LogP contribution in [0, 0.1) is 5.41 Å². The molecule has 0 aliphatic carbocycles. The average molecular weight is 300 g/mol. The van der Waals surface area contributed by atoms with Gasteiger partial charge in [-0.2, -0.15) is 0 Å². The molecule has 0 aromatic carbocycles. The Hall–Kier alpha value is -1.79. The van der Waals surface area contributed by atoms with Crippen molar-refractivity contribution in [1.82, 2.24) is 9.80 Å². The van der Waals surface area contributed by atoms with Crippen molar-refractivity contribution in [2.75, 3.05) is 26.7 Å². The zero-order valence-corrected chi connectivity index (χ0v) is 13.7. The minimum absolute atomic E-state index is 0.0129. The van der Waals surface area contributed by atoms with Crippen LogP contribution in [0.2, 0.25) is 0 Å². The molecule has 0 spiro atoms. The zero-order valence-electron chi connectivity index (χ0n) is 13.7. The number of likely N-dealkylation sites (N-methyl/N-ethyl adjacent to an activating group) is 2. The van der Waals surface area contributed by atoms with Gasteiger partial charge in [0.15, 0.2) is 5.84 Å². The van der Waals surface area contributed by atoms with Crippen LogP contribution < -0.4 is 5.73 Å². The van der Waals surface area contributed by atoms with Crippen LogP contribution in [0.25, 0.3) is 0 Å². The minimum atomic E-state index is -1.06. The van der Waals surface area contributed by atoms with Gasteiger partial charge in [-0.05, 0) is 26.7 Å². The third-order valence-corrected chi connectivity index (χ3v) is 4.05. The quantitative estimate of drug-likeness (QED) is 0.301. The van der Waals surface area contributed by atoms with E-state index in [1.807, 2.05) is 13.8 Å². The molecular formula is C14H28N4O3. The van der Waals surface area contributed by atoms with E-state index in [1.165, 1.54) is 4.90 Å². The van der Waals surface area contributed by atoms with E-state index in [2.05, 4.69) is 5.16 Å². The lowest BCUT2D eigenvalue weighted by atomic mass is 9.79. The lowest BCUT2D eigenvalue weighted by Crippen LogP contribution is -2.52. The van der Waals surface area contributed by atoms with Gasteiger partial charge in [0.05, 0.1) is 6.54 Å². The predicted molar refractivity (Wildman–Crippen MR) is 82.0 cm³/mol. The highest BCUT2D eigenvalue weighted by atomic mass is 16.4. The van der Waals surface area contributed by atoms with E-state index in [0.717, 1.165) is 0 Å². The minimum Gasteiger partial charge on any atom is -0.409 e. The van der Waals surface area contributed by atoms with Gasteiger partial charge in [0.2, 0.25) is 11.8 Å². The van der Waals surface area contributed by atoms with Gasteiger partial charge in [-0.3, -0.25) is 9.59 Å². The van der Waals surface area contributed by atoms with Crippen LogP contribution in [0.4, 0.5) is 0 Å². The standard InChI is InChI=1S/C14H28N4O3/c1-6-14(7-2,12(15)16-21)13(20)17(5)10-11(19)18(8-3)9-4/h21H,6-10H2,1-5H3,(H2,15,16). The van der Waals surface area contributed by atoms with Crippen molar-refractivity contribution in [3.05, 3.63) is 0 Å². The van der Waals surface area contributed by atoms with Gasteiger partial charge in [0.25, 0.3) is 0 Å². The largest absolute Gasteiger partial charge is 0.409 e. The van der Waals surface area contributed by atoms with Crippen LogP contribution in [0.3, 0.4) is 0 Å². The Morgan fingerprint density at radius 2 is 1.62 bits per heavy atom. The number of carbonyl (C=O) groups is 2. The van der Waals surface area contributed by atoms with Crippen molar-refractivity contribution in [3.63, 3.8) is 0 Å². The first-order valence-corrected chi connectivity index (χ1v) is 7.35. The summed E-state index contributed by atoms with van der Waals surface area (Å²) in [5.41, 5.74) is 4.65. The molecule has 0 saturated heterocycles. The summed E-state index contributed by atoms with van der Waals surface area (Å²) in [5.74, 6) is -0.528. The maximum atomic E-state index is 12.6. The molecule has 0 bridgehead atoms. The maximum absolute atomic E-state index is 12.6. The average Bonchev–Trinajstić information content (AvgIpc) is 2.49. The van der Waals surface area contributed by atoms with Gasteiger partial charge >= 0.3 is 0 Å². The first-order chi connectivity index (χ1) is 9.84. The summed E-state index contributed by atoms with van der Waals surface area (Å²) < 4.78 is 0. The van der Waals surface area contributed by atoms with Crippen molar-refractivity contribution >= 4 is 17.6 Å². The molecule has 0 atom stereocenters. The van der Waals surface area contributed by atoms with E-state index in [9.17, 15) is 9.59 Å². The van der Waals surface area contributed by atoms with Gasteiger partial charge in [-0.15, -0.1) is 0 Å². The fourth-order valence-electron chi connectivity index (χ4n) is 2.44. The first-order valence-electron chi connectivity index (χ1n) is 7.35. The SMILES string of the molecule is CCN(CC)C(=O)CN(C)C(=O)C(CC)(CC)C(N)=NO. The van der Waals surface area contributed by atoms with Gasteiger partial charge < -0.3 is 20.7 Å². The van der Waals surface area contributed by atoms with E-state index in [1.54, 1.807) is 25.8 Å². The Bertz CT molecular complexity index is 388. The number of amidine groups is 1. The monoisotopic (exact) mass is 300 g/mol. The van der Waals surface area contributed by atoms with Crippen LogP contribution in [-0.2, 0) is 9.59 Å². The molecule has 0 fully saturated rings. The van der Waals surface area contributed by atoms with E-state index >= 15 is 0 Å². The molecule has 2 amide bonds. The van der Waals surface area contributed by atoms with Crippen molar-refractivity contribution in [2.45, 2.75) is 40.5 Å². The van der Waals surface area contributed by atoms with Gasteiger partial charge in [-0.25, -0.2) is 0 Å². The smallest absolute Gasteiger partial charge is 0.242 e. The molecule has 7 nitrogen and oxygen atoms in total. The first kappa shape index (κ1) is 19.2. The molecule has 21 heavy (non-hydrogen) atoms. The van der Waals surface area contributed by atoms with E-state index < -0.39 is 5.41 Å². The number of amides is 2. The van der Waals surface area contributed by atoms with Crippen LogP contribution in [-0.4, -0.2) is 59.3 Å². The van der Waals surface area contributed by atoms with Crippen LogP contribution in [0.15, 0.2) is 5.16 Å². The van der Waals surface area contributed by atoms with Gasteiger partial charge in [0, 0.05) is 20.1 Å². The highest BCUT2D eigenvalue weighted by molar-refractivity contribution is 6.07. The maximum Gasteiger partial charge on any atom is 0.242 e. The Morgan fingerprint density at radius 3 is 1.95 bits per heavy atom. The molecule has 122 valence electrons. The van der Waals surface area contributed by atoms with Crippen molar-refractivity contribution in [3.8, 4) is 0 Å². The third kappa shape index (κ3) is 4.09. The van der Waals surface area contributed by atoms with Crippen LogP contribution >= 0.6 is 0 Å². The molecule has 3 N–H and O–H groups in total. The number of rotatable bonds is 8. The summed E-state index contributed by atoms with van der Waals surface area (Å²) in [7, 11) is 1.56. The number of hydrogen-bond donors (Lipinski definition) is 2. The van der Waals surface area contributed by atoms with Crippen molar-refractivity contribution in [1.29, 1.82) is 0 Å². The molecule has 0 unspecified atom stereocenters. The lowest BCUT2D eigenvalue weighted by molar-refractivity contribution is -0.143. The van der Waals surface area contributed by atoms with E-state index in [-0.39, 0.29) is 24.2 Å². The topological polar surface area (TPSA) is 99.2 Å². The summed E-state index contributed by atoms with van der Waals surface area (Å²) in [6.07, 6.45) is 0.810. The summed E-state index contributed by atoms with van der Waals surface area (Å²) in [6.45, 7) is 8.58. The molecule has 0 aliphatic heterocycles. The summed E-state index contributed by atoms with van der Waals surface area (Å²) in [6, 6.07) is 0. The molecule has 0 heterocycles. The molecule has 0 rings (SSSR count). The van der Waals surface area contributed by atoms with E-state index in [4.69, 9.17) is 10.9 Å². The van der Waals surface area contributed by atoms with Crippen molar-refractivity contribution < 1.29 is 14.8 Å². The number of hydrogen-bond acceptors (Lipinski definition) is 4. The summed E-state index contributed by atoms with van der Waals surface area (Å²) in [5, 5.41) is 11.9. The Balaban J connectivity index is 5.17. The fourth-order valence-corrected chi connectivity index (χ4v) is 2.44. The van der Waals surface area contributed by atoms with Gasteiger partial charge in [0.1, 0.15) is 5.41 Å². The number of carbonyl (C=O) groups excluding carboxylic acids is 2. The summed E-state index contributed by atoms with van der Waals surface area (Å²) >= 11 is 0. The molecule has 0 aromatic heterocycles. The van der Waals surface area contributed by atoms with Crippen LogP contribution in [0.1, 0.15) is 40.5 Å². The Labute approximate surface area is 126 Å². The normalized spacial score (nSPS) is 12.1. The second-order valence-corrected chi connectivity index (χ2v) is 5.00. The summed E-state index contributed by atoms with van der Waals surface area (Å²) in [4.78, 5) is 27.7. The second-order valence-electron chi connectivity index (χ2n) is 5.00. The highest BCUT2D eigenvalue weighted by Gasteiger charge is 2.42. The molecule has 0 aromatic rings. The molecule has 7 heteroatoms. The number of oxime groups is 1. The van der Waals surface area contributed by atoms with Crippen molar-refractivity contribution in [2.24, 2.45) is 16.3 Å². The molecular weight excluding hydrogens is 272 g/mol. The number of nitrogens with zero attached hydrogens (tertiary/aromatic N) is 3. The van der Waals surface area contributed by atoms with E-state index in [0.29, 0.717) is 25.9 Å². The Kier molecular flexibility index (Phi) is 7.76. The zero-order chi connectivity index (χ0) is 16.6. The second kappa shape index (κ2) is 8.49. The molecule has 0 aliphatic rings. The lowest BCUT2D eigenvalue weighted by Gasteiger charge is -2.33. The van der Waals surface area contributed by atoms with Crippen LogP contribution in [0.5, 0.6) is 0 Å². The Morgan fingerprint density at radius 1 is 1.14 bits per heavy atom. The highest BCUT2D eigenvalue weighted by Crippen LogP contribution is 2.29. The molecule has 0 saturated carbocycles. The predicted octanol–water partition coefficient (Wildman–Crippen LogP) is 0.866. The third-order valence-electron chi connectivity index (χ3n) is 4.05. The molecule has 0 radical (unpaired) electrons. The fraction of sp³-hybridized carbons (Fsp3) is 0.786. The number of nitrogens with two attached hydrogens (primary N) is 1.